The van der Waals surface area contributed by atoms with Gasteiger partial charge in [0.1, 0.15) is 38.5 Å². The number of amides is 2. The van der Waals surface area contributed by atoms with E-state index in [1.54, 1.807) is 16.0 Å². The van der Waals surface area contributed by atoms with Gasteiger partial charge in [0.05, 0.1) is 19.4 Å². The van der Waals surface area contributed by atoms with Crippen LogP contribution in [0, 0.1) is 11.8 Å². The van der Waals surface area contributed by atoms with Crippen molar-refractivity contribution in [1.29, 1.82) is 0 Å². The highest BCUT2D eigenvalue weighted by atomic mass is 79.9. The van der Waals surface area contributed by atoms with Gasteiger partial charge >= 0.3 is 12.2 Å². The lowest BCUT2D eigenvalue weighted by Crippen LogP contribution is -2.35. The fourth-order valence-corrected chi connectivity index (χ4v) is 8.97. The third-order valence-corrected chi connectivity index (χ3v) is 11.9. The van der Waals surface area contributed by atoms with Crippen LogP contribution in [-0.2, 0) is 18.9 Å². The van der Waals surface area contributed by atoms with E-state index < -0.39 is 11.2 Å². The van der Waals surface area contributed by atoms with Crippen LogP contribution in [0.5, 0.6) is 0 Å². The number of carbonyl (C=O) groups is 2. The monoisotopic (exact) mass is 880 g/mol. The van der Waals surface area contributed by atoms with E-state index in [9.17, 15) is 19.2 Å². The molecular formula is C42H57BrN8O8. The zero-order chi connectivity index (χ0) is 42.4. The highest BCUT2D eigenvalue weighted by molar-refractivity contribution is 9.10. The molecule has 0 spiro atoms. The first-order valence-electron chi connectivity index (χ1n) is 20.6. The van der Waals surface area contributed by atoms with E-state index >= 15 is 0 Å². The molecule has 4 atom stereocenters. The predicted molar refractivity (Wildman–Crippen MR) is 225 cm³/mol. The molecule has 3 fully saturated rings. The van der Waals surface area contributed by atoms with Crippen molar-refractivity contribution in [2.45, 2.75) is 104 Å². The highest BCUT2D eigenvalue weighted by Crippen LogP contribution is 2.35. The summed E-state index contributed by atoms with van der Waals surface area (Å²) < 4.78 is 26.2. The number of H-pyrrole nitrogens is 2. The summed E-state index contributed by atoms with van der Waals surface area (Å²) >= 11 is 3.43. The van der Waals surface area contributed by atoms with E-state index in [1.165, 1.54) is 0 Å². The lowest BCUT2D eigenvalue weighted by Gasteiger charge is -2.24. The molecule has 320 valence electrons. The maximum Gasteiger partial charge on any atom is 0.410 e. The van der Waals surface area contributed by atoms with Crippen molar-refractivity contribution in [2.75, 3.05) is 52.6 Å². The lowest BCUT2D eigenvalue weighted by atomic mass is 9.95. The molecule has 2 N–H and O–H groups in total. The van der Waals surface area contributed by atoms with E-state index in [2.05, 4.69) is 49.7 Å². The van der Waals surface area contributed by atoms with Crippen LogP contribution in [0.25, 0.3) is 16.6 Å². The second-order valence-electron chi connectivity index (χ2n) is 18.3. The van der Waals surface area contributed by atoms with Gasteiger partial charge in [0.25, 0.3) is 11.1 Å². The van der Waals surface area contributed by atoms with Gasteiger partial charge in [0.15, 0.2) is 0 Å². The maximum absolute atomic E-state index is 12.9. The van der Waals surface area contributed by atoms with Crippen LogP contribution in [0.1, 0.15) is 115 Å². The minimum atomic E-state index is -0.541. The summed E-state index contributed by atoms with van der Waals surface area (Å²) in [6, 6.07) is 0. The summed E-state index contributed by atoms with van der Waals surface area (Å²) in [6.45, 7) is 20.2. The van der Waals surface area contributed by atoms with Crippen LogP contribution in [0.4, 0.5) is 9.59 Å². The van der Waals surface area contributed by atoms with Crippen molar-refractivity contribution in [2.24, 2.45) is 11.8 Å². The summed E-state index contributed by atoms with van der Waals surface area (Å²) in [7, 11) is 0. The number of imidazole rings is 2. The van der Waals surface area contributed by atoms with E-state index in [4.69, 9.17) is 18.9 Å². The molecule has 8 heterocycles. The van der Waals surface area contributed by atoms with Crippen molar-refractivity contribution in [3.63, 3.8) is 0 Å². The van der Waals surface area contributed by atoms with Gasteiger partial charge in [-0.3, -0.25) is 18.4 Å². The third kappa shape index (κ3) is 9.46. The highest BCUT2D eigenvalue weighted by Gasteiger charge is 2.38. The smallest absolute Gasteiger partial charge is 0.410 e. The standard InChI is InChI=1S/C21H27BrN4O4.C21H30N4O4/c1-12-9-25(20(28)30-21(2,3)4)10-14(12)15-11-26-16(19(27)23-15)17(22)24-18(26)13-5-7-29-8-6-13;1-13-10-24(20(27)29-21(2,3)4)11-15(13)16-12-25-17(19(26)23-16)9-22-18(25)14-5-7-28-8-6-14/h5,11-12,14H,6-10H2,1-4H3,(H,23,27);9,12-15H,5-8,10-11H2,1-4H3,(H,23,26)/t12-,14-;13-,15-/m11/s1. The number of nitrogens with zero attached hydrogens (tertiary/aromatic N) is 6. The van der Waals surface area contributed by atoms with Gasteiger partial charge in [0, 0.05) is 80.9 Å². The molecule has 4 aromatic heterocycles. The Kier molecular flexibility index (Phi) is 12.2. The molecule has 4 aliphatic rings. The van der Waals surface area contributed by atoms with Gasteiger partial charge in [-0.05, 0) is 94.1 Å². The average Bonchev–Trinajstić information content (AvgIpc) is 3.95. The van der Waals surface area contributed by atoms with E-state index in [0.717, 1.165) is 61.1 Å². The first-order chi connectivity index (χ1) is 27.9. The zero-order valence-corrected chi connectivity index (χ0v) is 36.9. The van der Waals surface area contributed by atoms with Crippen LogP contribution in [0.15, 0.2) is 38.9 Å². The maximum atomic E-state index is 12.9. The Hall–Kier alpha value is -4.48. The molecule has 4 aromatic rings. The Morgan fingerprint density at radius 1 is 0.797 bits per heavy atom. The lowest BCUT2D eigenvalue weighted by molar-refractivity contribution is 0.0277. The fourth-order valence-electron chi connectivity index (χ4n) is 8.43. The number of halogens is 1. The second kappa shape index (κ2) is 16.9. The molecule has 0 bridgehead atoms. The minimum Gasteiger partial charge on any atom is -0.444 e. The van der Waals surface area contributed by atoms with Crippen molar-refractivity contribution < 1.29 is 28.5 Å². The van der Waals surface area contributed by atoms with Crippen LogP contribution in [0.3, 0.4) is 0 Å². The molecule has 16 nitrogen and oxygen atoms in total. The number of fused-ring (bicyclic) bond motifs is 2. The molecular weight excluding hydrogens is 824 g/mol. The Labute approximate surface area is 351 Å². The van der Waals surface area contributed by atoms with Crippen molar-refractivity contribution in [3.05, 3.63) is 73.0 Å². The van der Waals surface area contributed by atoms with Crippen molar-refractivity contribution in [3.8, 4) is 0 Å². The van der Waals surface area contributed by atoms with Crippen LogP contribution < -0.4 is 11.1 Å². The molecule has 0 aliphatic carbocycles. The molecule has 0 aromatic carbocycles. The molecule has 8 rings (SSSR count). The van der Waals surface area contributed by atoms with Crippen molar-refractivity contribution in [1.82, 2.24) is 38.5 Å². The molecule has 17 heteroatoms. The number of hydrogen-bond donors (Lipinski definition) is 2. The second-order valence-corrected chi connectivity index (χ2v) is 19.0. The van der Waals surface area contributed by atoms with Crippen LogP contribution in [0.2, 0.25) is 0 Å². The molecule has 3 saturated heterocycles. The SMILES string of the molecule is C[C@@H]1CN(C(=O)OC(C)(C)C)C[C@H]1c1cn2c(C3=CCOCC3)nc(Br)c2c(=O)[nH]1.C[C@@H]1CN(C(=O)OC(C)(C)C)C[C@H]1c1cn2c(C3CCOCC3)ncc2c(=O)[nH]1. The van der Waals surface area contributed by atoms with Gasteiger partial charge in [-0.2, -0.15) is 0 Å². The third-order valence-electron chi connectivity index (χ3n) is 11.4. The Balaban J connectivity index is 0.000000179. The van der Waals surface area contributed by atoms with Gasteiger partial charge in [-0.25, -0.2) is 19.6 Å². The average molecular weight is 882 g/mol. The van der Waals surface area contributed by atoms with E-state index in [-0.39, 0.29) is 47.0 Å². The molecule has 0 radical (unpaired) electrons. The first-order valence-corrected chi connectivity index (χ1v) is 21.4. The molecule has 0 unspecified atom stereocenters. The molecule has 0 saturated carbocycles. The number of hydrogen-bond acceptors (Lipinski definition) is 10. The Morgan fingerprint density at radius 3 is 1.90 bits per heavy atom. The van der Waals surface area contributed by atoms with Crippen LogP contribution >= 0.6 is 15.9 Å². The van der Waals surface area contributed by atoms with E-state index in [1.807, 2.05) is 68.8 Å². The molecule has 2 amide bonds. The van der Waals surface area contributed by atoms with Gasteiger partial charge < -0.3 is 38.7 Å². The zero-order valence-electron chi connectivity index (χ0n) is 35.3. The number of aromatic nitrogens is 6. The molecule has 59 heavy (non-hydrogen) atoms. The topological polar surface area (TPSA) is 178 Å². The predicted octanol–water partition coefficient (Wildman–Crippen LogP) is 6.45. The summed E-state index contributed by atoms with van der Waals surface area (Å²) in [5.74, 6) is 2.42. The first kappa shape index (κ1) is 42.6. The van der Waals surface area contributed by atoms with E-state index in [0.29, 0.717) is 60.9 Å². The summed E-state index contributed by atoms with van der Waals surface area (Å²) in [5.41, 5.74) is 2.33. The minimum absolute atomic E-state index is 0.00677. The van der Waals surface area contributed by atoms with Gasteiger partial charge in [-0.15, -0.1) is 0 Å². The normalized spacial score (nSPS) is 23.0. The summed E-state index contributed by atoms with van der Waals surface area (Å²) in [4.78, 5) is 69.3. The summed E-state index contributed by atoms with van der Waals surface area (Å²) in [6.07, 6.45) is 9.54. The number of aromatic amines is 2. The number of ether oxygens (including phenoxy) is 4. The number of carbonyl (C=O) groups excluding carboxylic acids is 2. The van der Waals surface area contributed by atoms with Crippen molar-refractivity contribution >= 4 is 44.7 Å². The summed E-state index contributed by atoms with van der Waals surface area (Å²) in [5, 5.41) is 0. The van der Waals surface area contributed by atoms with Gasteiger partial charge in [-0.1, -0.05) is 19.9 Å². The largest absolute Gasteiger partial charge is 0.444 e. The number of likely N-dealkylation sites (tertiary alicyclic amines) is 2. The molecule has 4 aliphatic heterocycles. The number of rotatable bonds is 4. The fraction of sp³-hybridized carbons (Fsp3) is 0.619. The quantitative estimate of drug-likeness (QED) is 0.232. The Morgan fingerprint density at radius 2 is 1.36 bits per heavy atom. The number of nitrogens with one attached hydrogen (secondary N) is 2. The Bertz CT molecular complexity index is 2340. The van der Waals surface area contributed by atoms with Crippen LogP contribution in [-0.4, -0.2) is 115 Å². The van der Waals surface area contributed by atoms with Gasteiger partial charge in [0.2, 0.25) is 0 Å².